The van der Waals surface area contributed by atoms with Gasteiger partial charge in [0.05, 0.1) is 12.0 Å². The second kappa shape index (κ2) is 6.44. The highest BCUT2D eigenvalue weighted by atomic mass is 16.4. The fraction of sp³-hybridized carbons (Fsp3) is 0.800. The number of rotatable bonds is 7. The maximum Gasteiger partial charge on any atom is 0.306 e. The molecule has 1 amide bonds. The molecule has 0 fully saturated rings. The van der Waals surface area contributed by atoms with Crippen molar-refractivity contribution in [2.75, 3.05) is 27.2 Å². The standard InChI is InChI=1S/C10H20N2O4/c1-10(16,6-9(14)15)7-11-8(13)4-5-12(2)3/h16H,4-7H2,1-3H3,(H,11,13)(H,14,15). The first-order chi connectivity index (χ1) is 7.23. The van der Waals surface area contributed by atoms with Gasteiger partial charge in [-0.2, -0.15) is 0 Å². The van der Waals surface area contributed by atoms with Crippen LogP contribution in [-0.2, 0) is 9.59 Å². The molecule has 3 N–H and O–H groups in total. The molecule has 1 unspecified atom stereocenters. The van der Waals surface area contributed by atoms with Crippen LogP contribution in [0.5, 0.6) is 0 Å². The van der Waals surface area contributed by atoms with Gasteiger partial charge in [-0.05, 0) is 21.0 Å². The number of nitrogens with zero attached hydrogens (tertiary/aromatic N) is 1. The van der Waals surface area contributed by atoms with Gasteiger partial charge in [0, 0.05) is 19.5 Å². The van der Waals surface area contributed by atoms with Crippen molar-refractivity contribution in [2.45, 2.75) is 25.4 Å². The number of carbonyl (C=O) groups is 2. The molecule has 0 radical (unpaired) electrons. The van der Waals surface area contributed by atoms with Crippen LogP contribution in [0.4, 0.5) is 0 Å². The molecule has 0 aliphatic carbocycles. The van der Waals surface area contributed by atoms with Gasteiger partial charge in [-0.25, -0.2) is 0 Å². The van der Waals surface area contributed by atoms with Crippen LogP contribution >= 0.6 is 0 Å². The van der Waals surface area contributed by atoms with E-state index >= 15 is 0 Å². The van der Waals surface area contributed by atoms with E-state index in [0.29, 0.717) is 13.0 Å². The van der Waals surface area contributed by atoms with Crippen LogP contribution in [0.25, 0.3) is 0 Å². The van der Waals surface area contributed by atoms with Crippen molar-refractivity contribution in [1.82, 2.24) is 10.2 Å². The van der Waals surface area contributed by atoms with E-state index in [4.69, 9.17) is 5.11 Å². The van der Waals surface area contributed by atoms with Crippen molar-refractivity contribution in [3.8, 4) is 0 Å². The Bertz CT molecular complexity index is 251. The van der Waals surface area contributed by atoms with Crippen LogP contribution in [0.15, 0.2) is 0 Å². The van der Waals surface area contributed by atoms with Gasteiger partial charge in [-0.15, -0.1) is 0 Å². The summed E-state index contributed by atoms with van der Waals surface area (Å²) < 4.78 is 0. The molecule has 0 aliphatic rings. The summed E-state index contributed by atoms with van der Waals surface area (Å²) in [5.41, 5.74) is -1.40. The Kier molecular flexibility index (Phi) is 5.98. The van der Waals surface area contributed by atoms with E-state index in [0.717, 1.165) is 0 Å². The van der Waals surface area contributed by atoms with Crippen molar-refractivity contribution in [1.29, 1.82) is 0 Å². The largest absolute Gasteiger partial charge is 0.481 e. The van der Waals surface area contributed by atoms with Crippen LogP contribution in [0.1, 0.15) is 19.8 Å². The van der Waals surface area contributed by atoms with Gasteiger partial charge < -0.3 is 20.4 Å². The molecular weight excluding hydrogens is 212 g/mol. The molecule has 1 atom stereocenters. The predicted molar refractivity (Wildman–Crippen MR) is 59.1 cm³/mol. The molecule has 6 nitrogen and oxygen atoms in total. The zero-order chi connectivity index (χ0) is 12.8. The topological polar surface area (TPSA) is 89.9 Å². The van der Waals surface area contributed by atoms with Gasteiger partial charge in [0.25, 0.3) is 0 Å². The molecule has 0 bridgehead atoms. The lowest BCUT2D eigenvalue weighted by atomic mass is 10.0. The van der Waals surface area contributed by atoms with E-state index in [9.17, 15) is 14.7 Å². The van der Waals surface area contributed by atoms with E-state index in [1.165, 1.54) is 6.92 Å². The number of aliphatic carboxylic acids is 1. The summed E-state index contributed by atoms with van der Waals surface area (Å²) in [6.07, 6.45) is -0.0584. The molecule has 0 aliphatic heterocycles. The molecule has 0 spiro atoms. The molecule has 0 saturated heterocycles. The number of aliphatic hydroxyl groups is 1. The molecule has 94 valence electrons. The number of hydrogen-bond donors (Lipinski definition) is 3. The third kappa shape index (κ3) is 8.19. The Labute approximate surface area is 95.2 Å². The number of carboxylic acids is 1. The van der Waals surface area contributed by atoms with Gasteiger partial charge >= 0.3 is 5.97 Å². The second-order valence-corrected chi connectivity index (χ2v) is 4.40. The molecule has 16 heavy (non-hydrogen) atoms. The van der Waals surface area contributed by atoms with Crippen LogP contribution in [0, 0.1) is 0 Å². The van der Waals surface area contributed by atoms with E-state index < -0.39 is 11.6 Å². The Morgan fingerprint density at radius 3 is 2.38 bits per heavy atom. The van der Waals surface area contributed by atoms with Crippen LogP contribution in [0.2, 0.25) is 0 Å². The van der Waals surface area contributed by atoms with Crippen LogP contribution in [0.3, 0.4) is 0 Å². The Balaban J connectivity index is 3.86. The summed E-state index contributed by atoms with van der Waals surface area (Å²) in [6.45, 7) is 1.95. The second-order valence-electron chi connectivity index (χ2n) is 4.40. The summed E-state index contributed by atoms with van der Waals surface area (Å²) in [4.78, 5) is 23.5. The molecule has 0 aromatic rings. The molecule has 0 heterocycles. The van der Waals surface area contributed by atoms with Gasteiger partial charge in [0.2, 0.25) is 5.91 Å². The Morgan fingerprint density at radius 2 is 1.94 bits per heavy atom. The maximum atomic E-state index is 11.3. The first-order valence-corrected chi connectivity index (χ1v) is 5.08. The Morgan fingerprint density at radius 1 is 1.38 bits per heavy atom. The number of carbonyl (C=O) groups excluding carboxylic acids is 1. The monoisotopic (exact) mass is 232 g/mol. The minimum Gasteiger partial charge on any atom is -0.481 e. The van der Waals surface area contributed by atoms with E-state index in [1.54, 1.807) is 0 Å². The van der Waals surface area contributed by atoms with Crippen molar-refractivity contribution in [3.63, 3.8) is 0 Å². The SMILES string of the molecule is CN(C)CCC(=O)NCC(C)(O)CC(=O)O. The highest BCUT2D eigenvalue weighted by molar-refractivity contribution is 5.76. The van der Waals surface area contributed by atoms with Crippen molar-refractivity contribution in [3.05, 3.63) is 0 Å². The number of carboxylic acid groups (broad SMARTS) is 1. The first kappa shape index (κ1) is 14.9. The summed E-state index contributed by atoms with van der Waals surface area (Å²) in [5, 5.41) is 20.6. The first-order valence-electron chi connectivity index (χ1n) is 5.08. The van der Waals surface area contributed by atoms with Gasteiger partial charge in [0.1, 0.15) is 0 Å². The average Bonchev–Trinajstić information content (AvgIpc) is 2.09. The fourth-order valence-electron chi connectivity index (χ4n) is 1.09. The van der Waals surface area contributed by atoms with Gasteiger partial charge in [-0.3, -0.25) is 9.59 Å². The summed E-state index contributed by atoms with van der Waals surface area (Å²) >= 11 is 0. The smallest absolute Gasteiger partial charge is 0.306 e. The minimum absolute atomic E-state index is 0.0500. The van der Waals surface area contributed by atoms with Crippen LogP contribution < -0.4 is 5.32 Å². The minimum atomic E-state index is -1.40. The fourth-order valence-corrected chi connectivity index (χ4v) is 1.09. The summed E-state index contributed by atoms with van der Waals surface area (Å²) in [7, 11) is 3.71. The van der Waals surface area contributed by atoms with Crippen molar-refractivity contribution < 1.29 is 19.8 Å². The average molecular weight is 232 g/mol. The third-order valence-electron chi connectivity index (χ3n) is 1.98. The summed E-state index contributed by atoms with van der Waals surface area (Å²) in [6, 6.07) is 0. The predicted octanol–water partition coefficient (Wildman–Crippen LogP) is -0.720. The molecule has 0 saturated carbocycles. The number of hydrogen-bond acceptors (Lipinski definition) is 4. The molecule has 0 aromatic heterocycles. The van der Waals surface area contributed by atoms with E-state index in [-0.39, 0.29) is 18.9 Å². The molecule has 0 rings (SSSR count). The molecule has 6 heteroatoms. The number of amides is 1. The molecular formula is C10H20N2O4. The number of nitrogens with one attached hydrogen (secondary N) is 1. The van der Waals surface area contributed by atoms with Crippen molar-refractivity contribution >= 4 is 11.9 Å². The molecule has 0 aromatic carbocycles. The quantitative estimate of drug-likeness (QED) is 0.539. The van der Waals surface area contributed by atoms with Crippen molar-refractivity contribution in [2.24, 2.45) is 0 Å². The van der Waals surface area contributed by atoms with Crippen LogP contribution in [-0.4, -0.2) is 59.8 Å². The van der Waals surface area contributed by atoms with Gasteiger partial charge in [-0.1, -0.05) is 0 Å². The Hall–Kier alpha value is -1.14. The highest BCUT2D eigenvalue weighted by Gasteiger charge is 2.24. The maximum absolute atomic E-state index is 11.3. The zero-order valence-corrected chi connectivity index (χ0v) is 9.99. The lowest BCUT2D eigenvalue weighted by Crippen LogP contribution is -2.42. The lowest BCUT2D eigenvalue weighted by Gasteiger charge is -2.21. The van der Waals surface area contributed by atoms with E-state index in [1.807, 2.05) is 19.0 Å². The normalized spacial score (nSPS) is 14.6. The zero-order valence-electron chi connectivity index (χ0n) is 9.99. The summed E-state index contributed by atoms with van der Waals surface area (Å²) in [5.74, 6) is -1.29. The van der Waals surface area contributed by atoms with E-state index in [2.05, 4.69) is 5.32 Å². The lowest BCUT2D eigenvalue weighted by molar-refractivity contribution is -0.142. The third-order valence-corrected chi connectivity index (χ3v) is 1.98. The highest BCUT2D eigenvalue weighted by Crippen LogP contribution is 2.07. The van der Waals surface area contributed by atoms with Gasteiger partial charge in [0.15, 0.2) is 0 Å².